The summed E-state index contributed by atoms with van der Waals surface area (Å²) in [5.74, 6) is 2.67. The van der Waals surface area contributed by atoms with Crippen LogP contribution >= 0.6 is 0 Å². The maximum Gasteiger partial charge on any atom is 0.191 e. The first-order valence-corrected chi connectivity index (χ1v) is 10.6. The Bertz CT molecular complexity index is 714. The van der Waals surface area contributed by atoms with Gasteiger partial charge in [-0.2, -0.15) is 0 Å². The minimum Gasteiger partial charge on any atom is -0.494 e. The summed E-state index contributed by atoms with van der Waals surface area (Å²) in [7, 11) is 6.09. The zero-order valence-electron chi connectivity index (χ0n) is 18.5. The number of guanidine groups is 1. The normalized spacial score (nSPS) is 20.9. The largest absolute Gasteiger partial charge is 0.494 e. The fourth-order valence-electron chi connectivity index (χ4n) is 4.09. The van der Waals surface area contributed by atoms with Crippen LogP contribution in [0.5, 0.6) is 11.5 Å². The highest BCUT2D eigenvalue weighted by Gasteiger charge is 2.34. The summed E-state index contributed by atoms with van der Waals surface area (Å²) in [6, 6.07) is 4.22. The van der Waals surface area contributed by atoms with Gasteiger partial charge >= 0.3 is 0 Å². The molecule has 0 radical (unpaired) electrons. The molecule has 0 amide bonds. The maximum atomic E-state index is 5.93. The SMILES string of the molecule is CCOc1cc2c(cc1CNC(=NC)NCC1(N(C)C)CCOCC1)OC(C)C2. The van der Waals surface area contributed by atoms with Crippen LogP contribution in [-0.2, 0) is 17.7 Å². The third kappa shape index (κ3) is 5.14. The van der Waals surface area contributed by atoms with Crippen molar-refractivity contribution in [3.05, 3.63) is 23.3 Å². The van der Waals surface area contributed by atoms with Gasteiger partial charge < -0.3 is 29.7 Å². The van der Waals surface area contributed by atoms with Crippen LogP contribution in [0.2, 0.25) is 0 Å². The Kier molecular flexibility index (Phi) is 7.24. The van der Waals surface area contributed by atoms with Crippen LogP contribution in [0.4, 0.5) is 0 Å². The van der Waals surface area contributed by atoms with Crippen molar-refractivity contribution in [3.63, 3.8) is 0 Å². The molecule has 0 aliphatic carbocycles. The summed E-state index contributed by atoms with van der Waals surface area (Å²) in [6.45, 7) is 7.81. The lowest BCUT2D eigenvalue weighted by molar-refractivity contribution is -0.00501. The molecule has 1 aromatic rings. The van der Waals surface area contributed by atoms with Crippen LogP contribution in [0.25, 0.3) is 0 Å². The summed E-state index contributed by atoms with van der Waals surface area (Å²) >= 11 is 0. The van der Waals surface area contributed by atoms with Gasteiger partial charge in [0, 0.05) is 56.4 Å². The van der Waals surface area contributed by atoms with Gasteiger partial charge in [0.2, 0.25) is 0 Å². The summed E-state index contributed by atoms with van der Waals surface area (Å²) < 4.78 is 17.4. The number of nitrogens with one attached hydrogen (secondary N) is 2. The molecule has 1 saturated heterocycles. The molecule has 7 nitrogen and oxygen atoms in total. The minimum atomic E-state index is 0.0872. The smallest absolute Gasteiger partial charge is 0.191 e. The average molecular weight is 405 g/mol. The van der Waals surface area contributed by atoms with Crippen LogP contribution in [0.3, 0.4) is 0 Å². The van der Waals surface area contributed by atoms with E-state index in [9.17, 15) is 0 Å². The van der Waals surface area contributed by atoms with Gasteiger partial charge in [-0.3, -0.25) is 4.99 Å². The molecule has 1 atom stereocenters. The van der Waals surface area contributed by atoms with Crippen molar-refractivity contribution in [2.75, 3.05) is 47.5 Å². The number of aliphatic imine (C=N–C) groups is 1. The number of rotatable bonds is 7. The molecule has 1 fully saturated rings. The highest BCUT2D eigenvalue weighted by atomic mass is 16.5. The van der Waals surface area contributed by atoms with Gasteiger partial charge in [0.15, 0.2) is 5.96 Å². The van der Waals surface area contributed by atoms with E-state index in [-0.39, 0.29) is 11.6 Å². The maximum absolute atomic E-state index is 5.93. The van der Waals surface area contributed by atoms with Crippen molar-refractivity contribution >= 4 is 5.96 Å². The van der Waals surface area contributed by atoms with Gasteiger partial charge in [-0.25, -0.2) is 0 Å². The van der Waals surface area contributed by atoms with Crippen LogP contribution in [0, 0.1) is 0 Å². The molecule has 2 heterocycles. The average Bonchev–Trinajstić information content (AvgIpc) is 3.07. The fourth-order valence-corrected chi connectivity index (χ4v) is 4.09. The molecule has 162 valence electrons. The molecule has 3 rings (SSSR count). The molecule has 0 spiro atoms. The van der Waals surface area contributed by atoms with E-state index in [0.717, 1.165) is 62.0 Å². The summed E-state index contributed by atoms with van der Waals surface area (Å²) in [5, 5.41) is 6.95. The van der Waals surface area contributed by atoms with Crippen LogP contribution in [0.15, 0.2) is 17.1 Å². The number of hydrogen-bond acceptors (Lipinski definition) is 5. The predicted molar refractivity (Wildman–Crippen MR) is 116 cm³/mol. The molecule has 29 heavy (non-hydrogen) atoms. The number of hydrogen-bond donors (Lipinski definition) is 2. The lowest BCUT2D eigenvalue weighted by Gasteiger charge is -2.43. The Hall–Kier alpha value is -1.99. The third-order valence-corrected chi connectivity index (χ3v) is 6.01. The van der Waals surface area contributed by atoms with Crippen molar-refractivity contribution in [3.8, 4) is 11.5 Å². The molecule has 0 aromatic heterocycles. The van der Waals surface area contributed by atoms with E-state index >= 15 is 0 Å². The first kappa shape index (κ1) is 21.7. The highest BCUT2D eigenvalue weighted by molar-refractivity contribution is 5.79. The van der Waals surface area contributed by atoms with Gasteiger partial charge in [-0.05, 0) is 52.9 Å². The first-order valence-electron chi connectivity index (χ1n) is 10.6. The molecular weight excluding hydrogens is 368 g/mol. The zero-order valence-corrected chi connectivity index (χ0v) is 18.5. The van der Waals surface area contributed by atoms with Crippen molar-refractivity contribution in [2.24, 2.45) is 4.99 Å². The lowest BCUT2D eigenvalue weighted by atomic mass is 9.88. The number of likely N-dealkylation sites (N-methyl/N-ethyl adjacent to an activating group) is 1. The highest BCUT2D eigenvalue weighted by Crippen LogP contribution is 2.35. The molecule has 0 bridgehead atoms. The second kappa shape index (κ2) is 9.67. The van der Waals surface area contributed by atoms with E-state index < -0.39 is 0 Å². The van der Waals surface area contributed by atoms with E-state index in [1.807, 2.05) is 6.92 Å². The summed E-state index contributed by atoms with van der Waals surface area (Å²) in [5.41, 5.74) is 2.39. The Balaban J connectivity index is 1.64. The van der Waals surface area contributed by atoms with Crippen molar-refractivity contribution in [1.29, 1.82) is 0 Å². The van der Waals surface area contributed by atoms with Gasteiger partial charge in [0.05, 0.1) is 6.61 Å². The van der Waals surface area contributed by atoms with Gasteiger partial charge in [-0.1, -0.05) is 0 Å². The molecule has 2 aliphatic rings. The molecular formula is C22H36N4O3. The lowest BCUT2D eigenvalue weighted by Crippen LogP contribution is -2.57. The van der Waals surface area contributed by atoms with Crippen LogP contribution in [0.1, 0.15) is 37.8 Å². The van der Waals surface area contributed by atoms with Crippen molar-refractivity contribution in [1.82, 2.24) is 15.5 Å². The summed E-state index contributed by atoms with van der Waals surface area (Å²) in [6.07, 6.45) is 3.18. The van der Waals surface area contributed by atoms with Crippen molar-refractivity contribution in [2.45, 2.75) is 51.3 Å². The predicted octanol–water partition coefficient (Wildman–Crippen LogP) is 2.18. The quantitative estimate of drug-likeness (QED) is 0.536. The molecule has 2 N–H and O–H groups in total. The van der Waals surface area contributed by atoms with Crippen LogP contribution in [-0.4, -0.2) is 70.0 Å². The zero-order chi connectivity index (χ0) is 20.9. The number of benzene rings is 1. The molecule has 0 saturated carbocycles. The summed E-state index contributed by atoms with van der Waals surface area (Å²) in [4.78, 5) is 6.72. The minimum absolute atomic E-state index is 0.0872. The fraction of sp³-hybridized carbons (Fsp3) is 0.682. The van der Waals surface area contributed by atoms with E-state index in [4.69, 9.17) is 14.2 Å². The van der Waals surface area contributed by atoms with Gasteiger partial charge in [0.1, 0.15) is 17.6 Å². The van der Waals surface area contributed by atoms with Crippen molar-refractivity contribution < 1.29 is 14.2 Å². The number of ether oxygens (including phenoxy) is 3. The van der Waals surface area contributed by atoms with E-state index in [0.29, 0.717) is 13.2 Å². The second-order valence-corrected chi connectivity index (χ2v) is 8.14. The second-order valence-electron chi connectivity index (χ2n) is 8.14. The molecule has 2 aliphatic heterocycles. The van der Waals surface area contributed by atoms with Gasteiger partial charge in [-0.15, -0.1) is 0 Å². The molecule has 1 unspecified atom stereocenters. The van der Waals surface area contributed by atoms with Gasteiger partial charge in [0.25, 0.3) is 0 Å². The Morgan fingerprint density at radius 2 is 2.03 bits per heavy atom. The van der Waals surface area contributed by atoms with E-state index in [1.165, 1.54) is 5.56 Å². The van der Waals surface area contributed by atoms with Crippen LogP contribution < -0.4 is 20.1 Å². The van der Waals surface area contributed by atoms with E-state index in [1.54, 1.807) is 7.05 Å². The molecule has 7 heteroatoms. The third-order valence-electron chi connectivity index (χ3n) is 6.01. The first-order chi connectivity index (χ1) is 14.0. The number of nitrogens with zero attached hydrogens (tertiary/aromatic N) is 2. The Morgan fingerprint density at radius 3 is 2.69 bits per heavy atom. The topological polar surface area (TPSA) is 67.4 Å². The Labute approximate surface area is 174 Å². The molecule has 1 aromatic carbocycles. The monoisotopic (exact) mass is 404 g/mol. The van der Waals surface area contributed by atoms with E-state index in [2.05, 4.69) is 53.7 Å². The standard InChI is InChI=1S/C22H36N4O3/c1-6-28-19-12-17-11-16(2)29-20(17)13-18(19)14-24-21(23-3)25-15-22(26(4)5)7-9-27-10-8-22/h12-13,16H,6-11,14-15H2,1-5H3,(H2,23,24,25). The Morgan fingerprint density at radius 1 is 1.28 bits per heavy atom. The number of fused-ring (bicyclic) bond motifs is 1.